The molecule has 0 bridgehead atoms. The Balaban J connectivity index is 2.11. The Labute approximate surface area is 158 Å². The average Bonchev–Trinajstić information content (AvgIpc) is 3.05. The second kappa shape index (κ2) is 9.25. The van der Waals surface area contributed by atoms with Gasteiger partial charge in [0.15, 0.2) is 0 Å². The quantitative estimate of drug-likeness (QED) is 0.680. The summed E-state index contributed by atoms with van der Waals surface area (Å²) in [7, 11) is -3.77. The maximum atomic E-state index is 12.7. The predicted octanol–water partition coefficient (Wildman–Crippen LogP) is 2.87. The molecule has 2 atom stereocenters. The number of aryl methyl sites for hydroxylation is 1. The van der Waals surface area contributed by atoms with E-state index in [1.807, 2.05) is 19.2 Å². The molecule has 0 aliphatic carbocycles. The molecule has 0 radical (unpaired) electrons. The van der Waals surface area contributed by atoms with Gasteiger partial charge in [0.2, 0.25) is 15.9 Å². The highest BCUT2D eigenvalue weighted by Gasteiger charge is 2.27. The first kappa shape index (κ1) is 20.5. The van der Waals surface area contributed by atoms with Gasteiger partial charge in [0.1, 0.15) is 17.6 Å². The molecule has 142 valence electrons. The maximum absolute atomic E-state index is 12.7. The fourth-order valence-corrected chi connectivity index (χ4v) is 4.13. The predicted molar refractivity (Wildman–Crippen MR) is 104 cm³/mol. The number of rotatable bonds is 9. The highest BCUT2D eigenvalue weighted by Crippen LogP contribution is 2.17. The highest BCUT2D eigenvalue weighted by molar-refractivity contribution is 7.98. The molecule has 1 aromatic heterocycles. The van der Waals surface area contributed by atoms with Crippen LogP contribution in [-0.4, -0.2) is 32.4 Å². The molecule has 0 aliphatic rings. The fourth-order valence-electron chi connectivity index (χ4n) is 2.41. The van der Waals surface area contributed by atoms with Gasteiger partial charge in [-0.25, -0.2) is 8.42 Å². The number of hydrogen-bond acceptors (Lipinski definition) is 5. The van der Waals surface area contributed by atoms with E-state index in [4.69, 9.17) is 4.42 Å². The van der Waals surface area contributed by atoms with Crippen molar-refractivity contribution in [1.82, 2.24) is 10.0 Å². The van der Waals surface area contributed by atoms with E-state index in [1.54, 1.807) is 43.0 Å². The van der Waals surface area contributed by atoms with Crippen molar-refractivity contribution >= 4 is 27.7 Å². The van der Waals surface area contributed by atoms with Gasteiger partial charge in [-0.05, 0) is 56.5 Å². The van der Waals surface area contributed by atoms with Gasteiger partial charge in [-0.3, -0.25) is 4.79 Å². The highest BCUT2D eigenvalue weighted by atomic mass is 32.2. The molecule has 26 heavy (non-hydrogen) atoms. The molecule has 1 aromatic carbocycles. The lowest BCUT2D eigenvalue weighted by Gasteiger charge is -2.20. The first-order chi connectivity index (χ1) is 12.3. The van der Waals surface area contributed by atoms with E-state index >= 15 is 0 Å². The van der Waals surface area contributed by atoms with E-state index in [0.717, 1.165) is 5.76 Å². The Hall–Kier alpha value is -1.77. The minimum Gasteiger partial charge on any atom is -0.464 e. The lowest BCUT2D eigenvalue weighted by atomic mass is 10.2. The summed E-state index contributed by atoms with van der Waals surface area (Å²) >= 11 is 1.55. The molecule has 0 aliphatic heterocycles. The van der Waals surface area contributed by atoms with E-state index in [0.29, 0.717) is 17.9 Å². The van der Waals surface area contributed by atoms with E-state index in [1.165, 1.54) is 12.1 Å². The Kier molecular flexibility index (Phi) is 7.31. The summed E-state index contributed by atoms with van der Waals surface area (Å²) in [5, 5.41) is 2.82. The molecule has 1 amide bonds. The second-order valence-electron chi connectivity index (χ2n) is 5.95. The van der Waals surface area contributed by atoms with E-state index < -0.39 is 16.1 Å². The third-order valence-corrected chi connectivity index (χ3v) is 5.96. The molecular formula is C18H24N2O4S2. The molecule has 0 saturated carbocycles. The monoisotopic (exact) mass is 396 g/mol. The summed E-state index contributed by atoms with van der Waals surface area (Å²) < 4.78 is 33.1. The lowest BCUT2D eigenvalue weighted by Crippen LogP contribution is -2.47. The van der Waals surface area contributed by atoms with Gasteiger partial charge in [-0.1, -0.05) is 18.2 Å². The number of benzene rings is 1. The summed E-state index contributed by atoms with van der Waals surface area (Å²) in [5.74, 6) is 1.67. The maximum Gasteiger partial charge on any atom is 0.241 e. The Morgan fingerprint density at radius 3 is 2.46 bits per heavy atom. The van der Waals surface area contributed by atoms with Crippen LogP contribution in [0.1, 0.15) is 30.9 Å². The molecule has 2 N–H and O–H groups in total. The summed E-state index contributed by atoms with van der Waals surface area (Å²) in [4.78, 5) is 12.8. The van der Waals surface area contributed by atoms with Crippen molar-refractivity contribution in [2.45, 2.75) is 37.2 Å². The standard InChI is InChI=1S/C18H24N2O4S2/c1-13-9-10-17(24-13)14(2)19-18(21)16(11-12-25-3)20-26(22,23)15-7-5-4-6-8-15/h4-10,14,16,20H,11-12H2,1-3H3,(H,19,21)/t14-,16-/m1/s1. The van der Waals surface area contributed by atoms with Gasteiger partial charge < -0.3 is 9.73 Å². The summed E-state index contributed by atoms with van der Waals surface area (Å²) in [6, 6.07) is 10.4. The SMILES string of the molecule is CSCC[C@@H](NS(=O)(=O)c1ccccc1)C(=O)N[C@H](C)c1ccc(C)o1. The van der Waals surface area contributed by atoms with Crippen LogP contribution in [0.2, 0.25) is 0 Å². The van der Waals surface area contributed by atoms with Gasteiger partial charge >= 0.3 is 0 Å². The van der Waals surface area contributed by atoms with E-state index in [2.05, 4.69) is 10.0 Å². The van der Waals surface area contributed by atoms with Crippen LogP contribution in [0.5, 0.6) is 0 Å². The third kappa shape index (κ3) is 5.62. The van der Waals surface area contributed by atoms with E-state index in [-0.39, 0.29) is 16.8 Å². The minimum absolute atomic E-state index is 0.136. The van der Waals surface area contributed by atoms with Crippen LogP contribution < -0.4 is 10.0 Å². The van der Waals surface area contributed by atoms with Crippen LogP contribution in [0.15, 0.2) is 51.8 Å². The van der Waals surface area contributed by atoms with Crippen molar-refractivity contribution < 1.29 is 17.6 Å². The molecule has 1 heterocycles. The molecule has 8 heteroatoms. The van der Waals surface area contributed by atoms with Crippen molar-refractivity contribution in [2.24, 2.45) is 0 Å². The number of sulfonamides is 1. The number of carbonyl (C=O) groups is 1. The van der Waals surface area contributed by atoms with Gasteiger partial charge in [-0.15, -0.1) is 0 Å². The number of furan rings is 1. The van der Waals surface area contributed by atoms with Crippen LogP contribution in [0.25, 0.3) is 0 Å². The molecule has 2 rings (SSSR count). The number of amides is 1. The number of carbonyl (C=O) groups excluding carboxylic acids is 1. The Bertz CT molecular complexity index is 819. The third-order valence-electron chi connectivity index (χ3n) is 3.82. The first-order valence-corrected chi connectivity index (χ1v) is 11.1. The van der Waals surface area contributed by atoms with Crippen molar-refractivity contribution in [3.05, 3.63) is 54.0 Å². The summed E-state index contributed by atoms with van der Waals surface area (Å²) in [5.41, 5.74) is 0. The summed E-state index contributed by atoms with van der Waals surface area (Å²) in [6.45, 7) is 3.63. The number of hydrogen-bond donors (Lipinski definition) is 2. The molecule has 6 nitrogen and oxygen atoms in total. The Morgan fingerprint density at radius 2 is 1.88 bits per heavy atom. The van der Waals surface area contributed by atoms with Crippen molar-refractivity contribution in [3.63, 3.8) is 0 Å². The molecule has 0 saturated heterocycles. The van der Waals surface area contributed by atoms with Crippen LogP contribution in [0.4, 0.5) is 0 Å². The molecule has 2 aromatic rings. The molecule has 0 unspecified atom stereocenters. The average molecular weight is 397 g/mol. The fraction of sp³-hybridized carbons (Fsp3) is 0.389. The van der Waals surface area contributed by atoms with Crippen LogP contribution in [0.3, 0.4) is 0 Å². The Morgan fingerprint density at radius 1 is 1.19 bits per heavy atom. The van der Waals surface area contributed by atoms with Crippen molar-refractivity contribution in [3.8, 4) is 0 Å². The van der Waals surface area contributed by atoms with Crippen molar-refractivity contribution in [2.75, 3.05) is 12.0 Å². The number of thioether (sulfide) groups is 1. The van der Waals surface area contributed by atoms with Gasteiger partial charge in [0.25, 0.3) is 0 Å². The van der Waals surface area contributed by atoms with Crippen LogP contribution >= 0.6 is 11.8 Å². The number of nitrogens with one attached hydrogen (secondary N) is 2. The minimum atomic E-state index is -3.77. The first-order valence-electron chi connectivity index (χ1n) is 8.26. The van der Waals surface area contributed by atoms with Gasteiger partial charge in [0.05, 0.1) is 10.9 Å². The largest absolute Gasteiger partial charge is 0.464 e. The normalized spacial score (nSPS) is 14.0. The van der Waals surface area contributed by atoms with Gasteiger partial charge in [-0.2, -0.15) is 16.5 Å². The zero-order chi connectivity index (χ0) is 19.2. The molecular weight excluding hydrogens is 372 g/mol. The smallest absolute Gasteiger partial charge is 0.241 e. The van der Waals surface area contributed by atoms with Gasteiger partial charge in [0, 0.05) is 0 Å². The molecule has 0 fully saturated rings. The lowest BCUT2D eigenvalue weighted by molar-refractivity contribution is -0.123. The van der Waals surface area contributed by atoms with Crippen LogP contribution in [-0.2, 0) is 14.8 Å². The molecule has 0 spiro atoms. The topological polar surface area (TPSA) is 88.4 Å². The summed E-state index contributed by atoms with van der Waals surface area (Å²) in [6.07, 6.45) is 2.30. The van der Waals surface area contributed by atoms with E-state index in [9.17, 15) is 13.2 Å². The zero-order valence-corrected chi connectivity index (χ0v) is 16.7. The van der Waals surface area contributed by atoms with Crippen molar-refractivity contribution in [1.29, 1.82) is 0 Å². The second-order valence-corrected chi connectivity index (χ2v) is 8.65. The van der Waals surface area contributed by atoms with Crippen LogP contribution in [0, 0.1) is 6.92 Å². The zero-order valence-electron chi connectivity index (χ0n) is 15.1.